The molecule has 19 nitrogen and oxygen atoms in total. The molecular weight excluding hydrogens is 953 g/mol. The SMILES string of the molecule is CCOC1CCC(n2cc(NC(=O)c3csc(-c4cn[nH]c4)n3)c(-c3ncc(F)cc3F)n2)CC1.O=C(Nc1cn(C2CCC(NCC(F)F)CC2)nc1-c1ncccn1)c1csc(-c2cn[nH]c2)n1. The summed E-state index contributed by atoms with van der Waals surface area (Å²) in [5, 5.41) is 35.8. The van der Waals surface area contributed by atoms with E-state index < -0.39 is 24.0 Å². The van der Waals surface area contributed by atoms with Crippen molar-refractivity contribution >= 4 is 45.9 Å². The molecule has 0 unspecified atom stereocenters. The molecule has 2 fully saturated rings. The second kappa shape index (κ2) is 22.1. The topological polar surface area (TPSA) is 237 Å². The highest BCUT2D eigenvalue weighted by Gasteiger charge is 2.29. The molecule has 70 heavy (non-hydrogen) atoms. The number of nitrogens with zero attached hydrogens (tertiary/aromatic N) is 11. The molecule has 0 aromatic carbocycles. The minimum Gasteiger partial charge on any atom is -0.379 e. The number of rotatable bonds is 15. The molecule has 0 saturated heterocycles. The lowest BCUT2D eigenvalue weighted by atomic mass is 9.91. The Morgan fingerprint density at radius 2 is 1.31 bits per heavy atom. The summed E-state index contributed by atoms with van der Waals surface area (Å²) in [4.78, 5) is 47.3. The zero-order valence-electron chi connectivity index (χ0n) is 37.4. The molecule has 25 heteroatoms. The number of hydrogen-bond donors (Lipinski definition) is 5. The number of pyridine rings is 1. The Hall–Kier alpha value is -7.09. The molecule has 0 spiro atoms. The number of hydrogen-bond acceptors (Lipinski definition) is 15. The van der Waals surface area contributed by atoms with Gasteiger partial charge in [-0.3, -0.25) is 29.2 Å². The Kier molecular flexibility index (Phi) is 15.2. The Bertz CT molecular complexity index is 2960. The lowest BCUT2D eigenvalue weighted by molar-refractivity contribution is 0.0260. The van der Waals surface area contributed by atoms with Gasteiger partial charge in [-0.2, -0.15) is 20.4 Å². The Morgan fingerprint density at radius 1 is 0.757 bits per heavy atom. The lowest BCUT2D eigenvalue weighted by Gasteiger charge is -2.29. The largest absolute Gasteiger partial charge is 0.379 e. The van der Waals surface area contributed by atoms with Gasteiger partial charge >= 0.3 is 0 Å². The van der Waals surface area contributed by atoms with Crippen LogP contribution in [0.5, 0.6) is 0 Å². The quantitative estimate of drug-likeness (QED) is 0.0606. The lowest BCUT2D eigenvalue weighted by Crippen LogP contribution is -2.36. The van der Waals surface area contributed by atoms with Crippen molar-refractivity contribution in [2.75, 3.05) is 23.8 Å². The van der Waals surface area contributed by atoms with Gasteiger partial charge in [0.25, 0.3) is 18.2 Å². The van der Waals surface area contributed by atoms with Crippen molar-refractivity contribution in [1.82, 2.24) is 70.2 Å². The number of thiazole rings is 2. The molecule has 2 aliphatic carbocycles. The van der Waals surface area contributed by atoms with Gasteiger partial charge in [-0.25, -0.2) is 42.5 Å². The zero-order valence-corrected chi connectivity index (χ0v) is 39.1. The molecule has 8 aromatic rings. The molecule has 0 bridgehead atoms. The molecule has 2 amide bonds. The second-order valence-corrected chi connectivity index (χ2v) is 18.2. The monoisotopic (exact) mass is 998 g/mol. The highest BCUT2D eigenvalue weighted by Crippen LogP contribution is 2.36. The summed E-state index contributed by atoms with van der Waals surface area (Å²) in [6.45, 7) is 2.36. The van der Waals surface area contributed by atoms with Crippen LogP contribution >= 0.6 is 22.7 Å². The third-order valence-corrected chi connectivity index (χ3v) is 13.6. The molecule has 5 N–H and O–H groups in total. The highest BCUT2D eigenvalue weighted by atomic mass is 32.1. The fraction of sp³-hybridized carbons (Fsp3) is 0.356. The Labute approximate surface area is 405 Å². The number of ether oxygens (including phenoxy) is 1. The molecular formula is C45H46F4N16O3S2. The summed E-state index contributed by atoms with van der Waals surface area (Å²) >= 11 is 2.65. The third-order valence-electron chi connectivity index (χ3n) is 11.8. The van der Waals surface area contributed by atoms with Crippen molar-refractivity contribution in [1.29, 1.82) is 0 Å². The first-order valence-electron chi connectivity index (χ1n) is 22.5. The van der Waals surface area contributed by atoms with E-state index in [1.165, 1.54) is 22.7 Å². The van der Waals surface area contributed by atoms with Gasteiger partial charge in [-0.1, -0.05) is 0 Å². The van der Waals surface area contributed by atoms with E-state index in [1.54, 1.807) is 71.1 Å². The number of halogens is 4. The van der Waals surface area contributed by atoms with Crippen molar-refractivity contribution < 1.29 is 31.9 Å². The Morgan fingerprint density at radius 3 is 1.84 bits per heavy atom. The van der Waals surface area contributed by atoms with Gasteiger partial charge in [0.2, 0.25) is 0 Å². The first-order valence-corrected chi connectivity index (χ1v) is 24.3. The maximum atomic E-state index is 14.6. The van der Waals surface area contributed by atoms with Gasteiger partial charge in [0.15, 0.2) is 17.3 Å². The van der Waals surface area contributed by atoms with Gasteiger partial charge in [0.1, 0.15) is 38.6 Å². The standard InChI is InChI=1S/C23H23F2N7O2S.C22H23F2N9OS/c1-2-34-16-5-3-15(4-6-16)32-11-18(21(31-32)20-17(25)7-14(24)10-26-20)29-22(33)19-12-35-23(30-19)13-8-27-28-9-13;23-18(24)10-27-14-2-4-15(5-3-14)33-11-16(19(32-33)20-25-6-1-7-26-20)30-21(34)17-12-35-22(31-17)13-8-28-29-9-13/h7-12,15-16H,2-6H2,1H3,(H,27,28)(H,29,33);1,6-9,11-12,14-15,18,27H,2-5,10H2,(H,28,29)(H,30,34). The van der Waals surface area contributed by atoms with Crippen LogP contribution in [0.15, 0.2) is 78.7 Å². The molecule has 2 saturated carbocycles. The van der Waals surface area contributed by atoms with Crippen LogP contribution in [0.1, 0.15) is 91.4 Å². The van der Waals surface area contributed by atoms with E-state index >= 15 is 0 Å². The predicted molar refractivity (Wildman–Crippen MR) is 252 cm³/mol. The first kappa shape index (κ1) is 48.0. The highest BCUT2D eigenvalue weighted by molar-refractivity contribution is 7.13. The van der Waals surface area contributed by atoms with Gasteiger partial charge in [0, 0.05) is 77.8 Å². The van der Waals surface area contributed by atoms with Gasteiger partial charge in [0.05, 0.1) is 54.7 Å². The molecule has 364 valence electrons. The maximum Gasteiger partial charge on any atom is 0.275 e. The van der Waals surface area contributed by atoms with E-state index in [1.807, 2.05) is 11.6 Å². The van der Waals surface area contributed by atoms with Crippen LogP contribution < -0.4 is 16.0 Å². The molecule has 8 aromatic heterocycles. The molecule has 2 aliphatic rings. The average Bonchev–Trinajstić information content (AvgIpc) is 4.23. The molecule has 0 aliphatic heterocycles. The molecule has 10 rings (SSSR count). The summed E-state index contributed by atoms with van der Waals surface area (Å²) < 4.78 is 62.4. The maximum absolute atomic E-state index is 14.6. The number of aromatic amines is 2. The number of H-pyrrole nitrogens is 2. The number of carbonyl (C=O) groups excluding carboxylic acids is 2. The summed E-state index contributed by atoms with van der Waals surface area (Å²) in [5.41, 5.74) is 3.27. The van der Waals surface area contributed by atoms with E-state index in [4.69, 9.17) is 9.84 Å². The first-order chi connectivity index (χ1) is 34.1. The number of amides is 2. The van der Waals surface area contributed by atoms with E-state index in [0.29, 0.717) is 33.8 Å². The zero-order chi connectivity index (χ0) is 48.6. The van der Waals surface area contributed by atoms with Crippen LogP contribution in [0.4, 0.5) is 28.9 Å². The number of aromatic nitrogens is 13. The van der Waals surface area contributed by atoms with Crippen LogP contribution in [0, 0.1) is 11.6 Å². The summed E-state index contributed by atoms with van der Waals surface area (Å²) in [5.74, 6) is -2.10. The van der Waals surface area contributed by atoms with Crippen molar-refractivity contribution in [2.45, 2.75) is 88.9 Å². The minimum atomic E-state index is -2.35. The number of anilines is 2. The summed E-state index contributed by atoms with van der Waals surface area (Å²) in [6, 6.07) is 2.67. The van der Waals surface area contributed by atoms with E-state index in [9.17, 15) is 27.2 Å². The molecule has 8 heterocycles. The van der Waals surface area contributed by atoms with Crippen molar-refractivity contribution in [2.24, 2.45) is 0 Å². The number of alkyl halides is 2. The van der Waals surface area contributed by atoms with Crippen molar-refractivity contribution in [3.8, 4) is 44.0 Å². The molecule has 0 radical (unpaired) electrons. The van der Waals surface area contributed by atoms with Crippen LogP contribution in [-0.2, 0) is 4.74 Å². The van der Waals surface area contributed by atoms with Gasteiger partial charge in [-0.15, -0.1) is 22.7 Å². The van der Waals surface area contributed by atoms with Crippen LogP contribution in [0.25, 0.3) is 44.0 Å². The Balaban J connectivity index is 0.000000174. The summed E-state index contributed by atoms with van der Waals surface area (Å²) in [6.07, 6.45) is 18.7. The smallest absolute Gasteiger partial charge is 0.275 e. The predicted octanol–water partition coefficient (Wildman–Crippen LogP) is 8.62. The van der Waals surface area contributed by atoms with Gasteiger partial charge in [-0.05, 0) is 64.4 Å². The fourth-order valence-electron chi connectivity index (χ4n) is 8.33. The number of carbonyl (C=O) groups is 2. The van der Waals surface area contributed by atoms with E-state index in [0.717, 1.165) is 74.8 Å². The summed E-state index contributed by atoms with van der Waals surface area (Å²) in [7, 11) is 0. The van der Waals surface area contributed by atoms with Crippen molar-refractivity contribution in [3.63, 3.8) is 0 Å². The van der Waals surface area contributed by atoms with E-state index in [2.05, 4.69) is 66.4 Å². The van der Waals surface area contributed by atoms with Gasteiger partial charge < -0.3 is 20.7 Å². The minimum absolute atomic E-state index is 0.0617. The normalized spacial score (nSPS) is 18.1. The van der Waals surface area contributed by atoms with Crippen molar-refractivity contribution in [3.05, 3.63) is 102 Å². The second-order valence-electron chi connectivity index (χ2n) is 16.4. The third kappa shape index (κ3) is 11.5. The average molecular weight is 999 g/mol. The fourth-order valence-corrected chi connectivity index (χ4v) is 9.90. The van der Waals surface area contributed by atoms with Crippen LogP contribution in [-0.4, -0.2) is 108 Å². The van der Waals surface area contributed by atoms with Crippen LogP contribution in [0.3, 0.4) is 0 Å². The number of nitrogens with one attached hydrogen (secondary N) is 5. The van der Waals surface area contributed by atoms with Crippen LogP contribution in [0.2, 0.25) is 0 Å². The molecule has 0 atom stereocenters. The van der Waals surface area contributed by atoms with E-state index in [-0.39, 0.29) is 65.1 Å².